The standard InChI is InChI=1S/C22H26N2O3/c1-15(2)17-6-9-19(10-7-17)27-14-21(25)23-18-8-11-20(16(3)13-18)24-12-4-5-22(24)26/h6-11,13,15H,4-5,12,14H2,1-3H3,(H,23,25). The number of hydrogen-bond donors (Lipinski definition) is 1. The van der Waals surface area contributed by atoms with Crippen LogP contribution in [0, 0.1) is 6.92 Å². The molecule has 0 saturated carbocycles. The summed E-state index contributed by atoms with van der Waals surface area (Å²) in [7, 11) is 0. The molecule has 1 aliphatic rings. The van der Waals surface area contributed by atoms with Crippen molar-refractivity contribution in [1.82, 2.24) is 0 Å². The fourth-order valence-corrected chi connectivity index (χ4v) is 3.23. The van der Waals surface area contributed by atoms with Crippen LogP contribution in [0.2, 0.25) is 0 Å². The summed E-state index contributed by atoms with van der Waals surface area (Å²) in [6.07, 6.45) is 1.50. The summed E-state index contributed by atoms with van der Waals surface area (Å²) < 4.78 is 5.56. The second-order valence-electron chi connectivity index (χ2n) is 7.21. The van der Waals surface area contributed by atoms with Crippen molar-refractivity contribution in [3.05, 3.63) is 53.6 Å². The number of ether oxygens (including phenoxy) is 1. The Hall–Kier alpha value is -2.82. The van der Waals surface area contributed by atoms with E-state index in [1.54, 1.807) is 0 Å². The van der Waals surface area contributed by atoms with E-state index >= 15 is 0 Å². The van der Waals surface area contributed by atoms with E-state index in [-0.39, 0.29) is 18.4 Å². The van der Waals surface area contributed by atoms with Crippen molar-refractivity contribution in [2.45, 2.75) is 39.5 Å². The molecule has 0 unspecified atom stereocenters. The van der Waals surface area contributed by atoms with Gasteiger partial charge in [0.15, 0.2) is 6.61 Å². The molecular weight excluding hydrogens is 340 g/mol. The Balaban J connectivity index is 1.56. The molecule has 1 fully saturated rings. The molecule has 2 aromatic rings. The van der Waals surface area contributed by atoms with Crippen LogP contribution >= 0.6 is 0 Å². The third kappa shape index (κ3) is 4.67. The van der Waals surface area contributed by atoms with Gasteiger partial charge in [0.2, 0.25) is 5.91 Å². The molecule has 1 saturated heterocycles. The molecule has 1 aliphatic heterocycles. The highest BCUT2D eigenvalue weighted by Gasteiger charge is 2.23. The van der Waals surface area contributed by atoms with Crippen molar-refractivity contribution in [1.29, 1.82) is 0 Å². The quantitative estimate of drug-likeness (QED) is 0.831. The highest BCUT2D eigenvalue weighted by atomic mass is 16.5. The lowest BCUT2D eigenvalue weighted by molar-refractivity contribution is -0.118. The summed E-state index contributed by atoms with van der Waals surface area (Å²) in [6, 6.07) is 13.4. The van der Waals surface area contributed by atoms with E-state index in [0.717, 1.165) is 24.2 Å². The molecule has 1 N–H and O–H groups in total. The zero-order valence-electron chi connectivity index (χ0n) is 16.1. The molecule has 3 rings (SSSR count). The first-order valence-electron chi connectivity index (χ1n) is 9.37. The minimum atomic E-state index is -0.215. The first kappa shape index (κ1) is 19.0. The van der Waals surface area contributed by atoms with E-state index in [0.29, 0.717) is 23.8 Å². The molecule has 2 amide bonds. The first-order valence-corrected chi connectivity index (χ1v) is 9.37. The Labute approximate surface area is 160 Å². The van der Waals surface area contributed by atoms with E-state index in [1.807, 2.05) is 54.3 Å². The number of aryl methyl sites for hydroxylation is 1. The third-order valence-corrected chi connectivity index (χ3v) is 4.76. The van der Waals surface area contributed by atoms with Crippen LogP contribution in [0.1, 0.15) is 43.7 Å². The fraction of sp³-hybridized carbons (Fsp3) is 0.364. The predicted octanol–water partition coefficient (Wildman–Crippen LogP) is 4.26. The van der Waals surface area contributed by atoms with Gasteiger partial charge in [-0.05, 0) is 60.7 Å². The van der Waals surface area contributed by atoms with Gasteiger partial charge >= 0.3 is 0 Å². The fourth-order valence-electron chi connectivity index (χ4n) is 3.23. The van der Waals surface area contributed by atoms with Gasteiger partial charge in [0, 0.05) is 24.3 Å². The number of amides is 2. The zero-order chi connectivity index (χ0) is 19.4. The van der Waals surface area contributed by atoms with Crippen LogP contribution in [-0.2, 0) is 9.59 Å². The number of rotatable bonds is 6. The van der Waals surface area contributed by atoms with Crippen molar-refractivity contribution in [3.63, 3.8) is 0 Å². The van der Waals surface area contributed by atoms with Crippen LogP contribution in [0.25, 0.3) is 0 Å². The highest BCUT2D eigenvalue weighted by molar-refractivity contribution is 5.97. The van der Waals surface area contributed by atoms with Gasteiger partial charge in [-0.2, -0.15) is 0 Å². The monoisotopic (exact) mass is 366 g/mol. The number of nitrogens with zero attached hydrogens (tertiary/aromatic N) is 1. The van der Waals surface area contributed by atoms with Crippen molar-refractivity contribution in [2.24, 2.45) is 0 Å². The Morgan fingerprint density at radius 2 is 1.93 bits per heavy atom. The molecule has 5 nitrogen and oxygen atoms in total. The molecule has 1 heterocycles. The SMILES string of the molecule is Cc1cc(NC(=O)COc2ccc(C(C)C)cc2)ccc1N1CCCC1=O. The first-order chi connectivity index (χ1) is 12.9. The van der Waals surface area contributed by atoms with Crippen molar-refractivity contribution in [3.8, 4) is 5.75 Å². The summed E-state index contributed by atoms with van der Waals surface area (Å²) in [5, 5.41) is 2.84. The number of anilines is 2. The maximum Gasteiger partial charge on any atom is 0.262 e. The summed E-state index contributed by atoms with van der Waals surface area (Å²) in [5.74, 6) is 1.08. The normalized spacial score (nSPS) is 13.9. The summed E-state index contributed by atoms with van der Waals surface area (Å²) in [5.41, 5.74) is 3.82. The van der Waals surface area contributed by atoms with Gasteiger partial charge < -0.3 is 15.0 Å². The maximum atomic E-state index is 12.2. The molecule has 2 aromatic carbocycles. The predicted molar refractivity (Wildman–Crippen MR) is 107 cm³/mol. The molecule has 5 heteroatoms. The Kier molecular flexibility index (Phi) is 5.79. The van der Waals surface area contributed by atoms with E-state index in [1.165, 1.54) is 5.56 Å². The average molecular weight is 366 g/mol. The minimum Gasteiger partial charge on any atom is -0.484 e. The Morgan fingerprint density at radius 3 is 2.52 bits per heavy atom. The van der Waals surface area contributed by atoms with Gasteiger partial charge in [0.1, 0.15) is 5.75 Å². The number of nitrogens with one attached hydrogen (secondary N) is 1. The van der Waals surface area contributed by atoms with Gasteiger partial charge in [-0.3, -0.25) is 9.59 Å². The van der Waals surface area contributed by atoms with Crippen LogP contribution in [0.3, 0.4) is 0 Å². The van der Waals surface area contributed by atoms with Crippen LogP contribution in [0.15, 0.2) is 42.5 Å². The summed E-state index contributed by atoms with van der Waals surface area (Å²) >= 11 is 0. The lowest BCUT2D eigenvalue weighted by Gasteiger charge is -2.19. The van der Waals surface area contributed by atoms with Crippen molar-refractivity contribution >= 4 is 23.2 Å². The summed E-state index contributed by atoms with van der Waals surface area (Å²) in [6.45, 7) is 6.93. The van der Waals surface area contributed by atoms with Gasteiger partial charge in [0.25, 0.3) is 5.91 Å². The van der Waals surface area contributed by atoms with Crippen LogP contribution in [0.4, 0.5) is 11.4 Å². The number of hydrogen-bond acceptors (Lipinski definition) is 3. The van der Waals surface area contributed by atoms with Crippen LogP contribution < -0.4 is 15.0 Å². The minimum absolute atomic E-state index is 0.0492. The second kappa shape index (κ2) is 8.25. The van der Waals surface area contributed by atoms with Crippen molar-refractivity contribution < 1.29 is 14.3 Å². The Bertz CT molecular complexity index is 828. The van der Waals surface area contributed by atoms with Gasteiger partial charge in [-0.25, -0.2) is 0 Å². The number of benzene rings is 2. The second-order valence-corrected chi connectivity index (χ2v) is 7.21. The molecule has 0 aromatic heterocycles. The average Bonchev–Trinajstić information content (AvgIpc) is 3.06. The molecule has 0 radical (unpaired) electrons. The topological polar surface area (TPSA) is 58.6 Å². The van der Waals surface area contributed by atoms with Gasteiger partial charge in [-0.1, -0.05) is 26.0 Å². The molecule has 0 atom stereocenters. The molecule has 27 heavy (non-hydrogen) atoms. The van der Waals surface area contributed by atoms with Crippen molar-refractivity contribution in [2.75, 3.05) is 23.4 Å². The molecule has 142 valence electrons. The van der Waals surface area contributed by atoms with Gasteiger partial charge in [0.05, 0.1) is 0 Å². The lowest BCUT2D eigenvalue weighted by atomic mass is 10.0. The summed E-state index contributed by atoms with van der Waals surface area (Å²) in [4.78, 5) is 25.9. The van der Waals surface area contributed by atoms with Crippen LogP contribution in [0.5, 0.6) is 5.75 Å². The third-order valence-electron chi connectivity index (χ3n) is 4.76. The zero-order valence-corrected chi connectivity index (χ0v) is 16.1. The van der Waals surface area contributed by atoms with E-state index < -0.39 is 0 Å². The maximum absolute atomic E-state index is 12.2. The van der Waals surface area contributed by atoms with E-state index in [9.17, 15) is 9.59 Å². The highest BCUT2D eigenvalue weighted by Crippen LogP contribution is 2.27. The number of carbonyl (C=O) groups is 2. The smallest absolute Gasteiger partial charge is 0.262 e. The largest absolute Gasteiger partial charge is 0.484 e. The van der Waals surface area contributed by atoms with E-state index in [2.05, 4.69) is 19.2 Å². The molecular formula is C22H26N2O3. The van der Waals surface area contributed by atoms with Crippen LogP contribution in [-0.4, -0.2) is 25.0 Å². The Morgan fingerprint density at radius 1 is 1.19 bits per heavy atom. The molecule has 0 bridgehead atoms. The van der Waals surface area contributed by atoms with E-state index in [4.69, 9.17) is 4.74 Å². The number of carbonyl (C=O) groups excluding carboxylic acids is 2. The van der Waals surface area contributed by atoms with Gasteiger partial charge in [-0.15, -0.1) is 0 Å². The molecule has 0 spiro atoms. The molecule has 0 aliphatic carbocycles. The lowest BCUT2D eigenvalue weighted by Crippen LogP contribution is -2.24.